The minimum atomic E-state index is 0.533. The summed E-state index contributed by atoms with van der Waals surface area (Å²) in [6.07, 6.45) is 3.14. The molecule has 1 aromatic carbocycles. The number of nitrogens with one attached hydrogen (secondary N) is 1. The van der Waals surface area contributed by atoms with Gasteiger partial charge >= 0.3 is 0 Å². The standard InChI is InChI=1S/C16H27N3O/c1-4-5-10-18-16(17)19-11-7-12-20-15-13(2)8-6-9-14(15)3/h6,8-9H,4-5,7,10-12H2,1-3H3,(H3,17,18,19). The summed E-state index contributed by atoms with van der Waals surface area (Å²) >= 11 is 0. The fraction of sp³-hybridized carbons (Fsp3) is 0.562. The monoisotopic (exact) mass is 277 g/mol. The molecular weight excluding hydrogens is 250 g/mol. The molecule has 1 aromatic rings. The molecule has 0 unspecified atom stereocenters. The number of guanidine groups is 1. The highest BCUT2D eigenvalue weighted by atomic mass is 16.5. The maximum Gasteiger partial charge on any atom is 0.188 e. The van der Waals surface area contributed by atoms with E-state index < -0.39 is 0 Å². The Kier molecular flexibility index (Phi) is 7.55. The van der Waals surface area contributed by atoms with Crippen molar-refractivity contribution in [3.63, 3.8) is 0 Å². The van der Waals surface area contributed by atoms with Gasteiger partial charge in [-0.25, -0.2) is 0 Å². The molecule has 112 valence electrons. The Labute approximate surface area is 122 Å². The predicted molar refractivity (Wildman–Crippen MR) is 85.4 cm³/mol. The van der Waals surface area contributed by atoms with Crippen molar-refractivity contribution in [1.82, 2.24) is 5.32 Å². The highest BCUT2D eigenvalue weighted by molar-refractivity contribution is 5.77. The van der Waals surface area contributed by atoms with E-state index in [1.807, 2.05) is 6.07 Å². The van der Waals surface area contributed by atoms with Crippen LogP contribution in [0.4, 0.5) is 0 Å². The van der Waals surface area contributed by atoms with Crippen LogP contribution in [0.25, 0.3) is 0 Å². The topological polar surface area (TPSA) is 59.6 Å². The van der Waals surface area contributed by atoms with E-state index in [1.165, 1.54) is 11.1 Å². The number of hydrogen-bond acceptors (Lipinski definition) is 2. The Balaban J connectivity index is 2.23. The van der Waals surface area contributed by atoms with Gasteiger partial charge in [-0.2, -0.15) is 0 Å². The Hall–Kier alpha value is -1.71. The van der Waals surface area contributed by atoms with Crippen molar-refractivity contribution in [3.8, 4) is 5.75 Å². The number of rotatable bonds is 8. The van der Waals surface area contributed by atoms with Crippen LogP contribution in [0.15, 0.2) is 23.2 Å². The average molecular weight is 277 g/mol. The van der Waals surface area contributed by atoms with Gasteiger partial charge in [-0.15, -0.1) is 0 Å². The Morgan fingerprint density at radius 1 is 1.25 bits per heavy atom. The Bertz CT molecular complexity index is 409. The van der Waals surface area contributed by atoms with E-state index in [0.29, 0.717) is 19.1 Å². The summed E-state index contributed by atoms with van der Waals surface area (Å²) in [6.45, 7) is 8.53. The number of nitrogens with two attached hydrogens (primary N) is 1. The number of ether oxygens (including phenoxy) is 1. The number of aliphatic imine (C=N–C) groups is 1. The molecule has 0 aliphatic rings. The Morgan fingerprint density at radius 3 is 2.60 bits per heavy atom. The fourth-order valence-corrected chi connectivity index (χ4v) is 1.91. The third-order valence-corrected chi connectivity index (χ3v) is 3.08. The average Bonchev–Trinajstić information content (AvgIpc) is 2.41. The molecule has 0 atom stereocenters. The van der Waals surface area contributed by atoms with Crippen LogP contribution in [0.2, 0.25) is 0 Å². The lowest BCUT2D eigenvalue weighted by molar-refractivity contribution is 0.309. The van der Waals surface area contributed by atoms with Gasteiger partial charge in [0.2, 0.25) is 0 Å². The van der Waals surface area contributed by atoms with E-state index in [1.54, 1.807) is 0 Å². The summed E-state index contributed by atoms with van der Waals surface area (Å²) in [5, 5.41) is 3.10. The molecule has 0 aromatic heterocycles. The van der Waals surface area contributed by atoms with Gasteiger partial charge in [-0.3, -0.25) is 4.99 Å². The van der Waals surface area contributed by atoms with Gasteiger partial charge in [-0.05, 0) is 31.4 Å². The van der Waals surface area contributed by atoms with Gasteiger partial charge in [-0.1, -0.05) is 31.5 Å². The molecule has 4 nitrogen and oxygen atoms in total. The van der Waals surface area contributed by atoms with Crippen LogP contribution in [-0.2, 0) is 0 Å². The Morgan fingerprint density at radius 2 is 1.95 bits per heavy atom. The van der Waals surface area contributed by atoms with Crippen molar-refractivity contribution in [3.05, 3.63) is 29.3 Å². The van der Waals surface area contributed by atoms with Gasteiger partial charge in [0.05, 0.1) is 6.61 Å². The lowest BCUT2D eigenvalue weighted by Gasteiger charge is -2.11. The molecule has 0 heterocycles. The zero-order chi connectivity index (χ0) is 14.8. The maximum atomic E-state index is 5.82. The second-order valence-corrected chi connectivity index (χ2v) is 4.97. The van der Waals surface area contributed by atoms with E-state index in [2.05, 4.69) is 43.2 Å². The summed E-state index contributed by atoms with van der Waals surface area (Å²) in [4.78, 5) is 4.28. The van der Waals surface area contributed by atoms with Gasteiger partial charge in [0.15, 0.2) is 5.96 Å². The van der Waals surface area contributed by atoms with E-state index in [9.17, 15) is 0 Å². The van der Waals surface area contributed by atoms with Crippen LogP contribution in [0.1, 0.15) is 37.3 Å². The smallest absolute Gasteiger partial charge is 0.188 e. The van der Waals surface area contributed by atoms with E-state index >= 15 is 0 Å². The van der Waals surface area contributed by atoms with Crippen LogP contribution in [0.3, 0.4) is 0 Å². The predicted octanol–water partition coefficient (Wildman–Crippen LogP) is 2.78. The van der Waals surface area contributed by atoms with Gasteiger partial charge in [0.1, 0.15) is 5.75 Å². The lowest BCUT2D eigenvalue weighted by atomic mass is 10.1. The number of unbranched alkanes of at least 4 members (excludes halogenated alkanes) is 1. The second-order valence-electron chi connectivity index (χ2n) is 4.97. The molecule has 0 spiro atoms. The normalized spacial score (nSPS) is 11.4. The fourth-order valence-electron chi connectivity index (χ4n) is 1.91. The van der Waals surface area contributed by atoms with Crippen LogP contribution >= 0.6 is 0 Å². The quantitative estimate of drug-likeness (QED) is 0.436. The number of benzene rings is 1. The third kappa shape index (κ3) is 5.95. The molecule has 4 heteroatoms. The second kappa shape index (κ2) is 9.23. The highest BCUT2D eigenvalue weighted by Gasteiger charge is 2.02. The highest BCUT2D eigenvalue weighted by Crippen LogP contribution is 2.22. The lowest BCUT2D eigenvalue weighted by Crippen LogP contribution is -2.32. The minimum Gasteiger partial charge on any atom is -0.493 e. The van der Waals surface area contributed by atoms with Crippen LogP contribution < -0.4 is 15.8 Å². The van der Waals surface area contributed by atoms with Crippen LogP contribution in [0, 0.1) is 13.8 Å². The molecular formula is C16H27N3O. The SMILES string of the molecule is CCCCNC(N)=NCCCOc1c(C)cccc1C. The molecule has 0 saturated carbocycles. The zero-order valence-electron chi connectivity index (χ0n) is 12.9. The molecule has 0 aliphatic carbocycles. The van der Waals surface area contributed by atoms with Gasteiger partial charge < -0.3 is 15.8 Å². The first-order valence-corrected chi connectivity index (χ1v) is 7.38. The van der Waals surface area contributed by atoms with Crippen molar-refractivity contribution in [2.24, 2.45) is 10.7 Å². The first-order chi connectivity index (χ1) is 9.65. The summed E-state index contributed by atoms with van der Waals surface area (Å²) in [5.41, 5.74) is 8.10. The minimum absolute atomic E-state index is 0.533. The summed E-state index contributed by atoms with van der Waals surface area (Å²) in [7, 11) is 0. The van der Waals surface area contributed by atoms with E-state index in [4.69, 9.17) is 10.5 Å². The summed E-state index contributed by atoms with van der Waals surface area (Å²) < 4.78 is 5.82. The number of hydrogen-bond donors (Lipinski definition) is 2. The summed E-state index contributed by atoms with van der Waals surface area (Å²) in [5.74, 6) is 1.52. The molecule has 0 amide bonds. The molecule has 1 rings (SSSR count). The van der Waals surface area contributed by atoms with Crippen molar-refractivity contribution >= 4 is 5.96 Å². The van der Waals surface area contributed by atoms with Crippen LogP contribution in [-0.4, -0.2) is 25.7 Å². The molecule has 0 radical (unpaired) electrons. The van der Waals surface area contributed by atoms with Crippen LogP contribution in [0.5, 0.6) is 5.75 Å². The molecule has 0 fully saturated rings. The van der Waals surface area contributed by atoms with Gasteiger partial charge in [0, 0.05) is 19.5 Å². The largest absolute Gasteiger partial charge is 0.493 e. The molecule has 0 bridgehead atoms. The number of aryl methyl sites for hydroxylation is 2. The first-order valence-electron chi connectivity index (χ1n) is 7.38. The van der Waals surface area contributed by atoms with E-state index in [-0.39, 0.29) is 0 Å². The van der Waals surface area contributed by atoms with E-state index in [0.717, 1.165) is 31.6 Å². The van der Waals surface area contributed by atoms with Gasteiger partial charge in [0.25, 0.3) is 0 Å². The van der Waals surface area contributed by atoms with Crippen molar-refractivity contribution in [2.45, 2.75) is 40.0 Å². The van der Waals surface area contributed by atoms with Crippen molar-refractivity contribution in [1.29, 1.82) is 0 Å². The zero-order valence-corrected chi connectivity index (χ0v) is 12.9. The molecule has 0 aliphatic heterocycles. The summed E-state index contributed by atoms with van der Waals surface area (Å²) in [6, 6.07) is 6.18. The first kappa shape index (κ1) is 16.3. The molecule has 3 N–H and O–H groups in total. The molecule has 0 saturated heterocycles. The third-order valence-electron chi connectivity index (χ3n) is 3.08. The number of para-hydroxylation sites is 1. The van der Waals surface area contributed by atoms with Crippen molar-refractivity contribution in [2.75, 3.05) is 19.7 Å². The maximum absolute atomic E-state index is 5.82. The number of nitrogens with zero attached hydrogens (tertiary/aromatic N) is 1. The molecule has 20 heavy (non-hydrogen) atoms. The van der Waals surface area contributed by atoms with Crippen molar-refractivity contribution < 1.29 is 4.74 Å².